The minimum absolute atomic E-state index is 0.161. The van der Waals surface area contributed by atoms with Gasteiger partial charge >= 0.3 is 0 Å². The molecule has 1 amide bonds. The van der Waals surface area contributed by atoms with Gasteiger partial charge < -0.3 is 9.88 Å². The van der Waals surface area contributed by atoms with Gasteiger partial charge in [0, 0.05) is 24.5 Å². The van der Waals surface area contributed by atoms with Gasteiger partial charge in [-0.1, -0.05) is 42.9 Å². The number of amides is 1. The fourth-order valence-electron chi connectivity index (χ4n) is 2.39. The number of nitrogens with one attached hydrogen (secondary N) is 1. The molecule has 0 unspecified atom stereocenters. The zero-order valence-corrected chi connectivity index (χ0v) is 14.1. The van der Waals surface area contributed by atoms with E-state index in [1.54, 1.807) is 18.2 Å². The Balaban J connectivity index is 1.79. The van der Waals surface area contributed by atoms with Gasteiger partial charge in [0.2, 0.25) is 0 Å². The molecule has 3 rings (SSSR count). The number of hydrogen-bond acceptors (Lipinski definition) is 3. The van der Waals surface area contributed by atoms with Crippen LogP contribution in [0.4, 0.5) is 4.39 Å². The topological polar surface area (TPSA) is 46.9 Å². The second kappa shape index (κ2) is 7.40. The van der Waals surface area contributed by atoms with Crippen LogP contribution in [0, 0.1) is 5.82 Å². The van der Waals surface area contributed by atoms with Gasteiger partial charge in [-0.15, -0.1) is 0 Å². The van der Waals surface area contributed by atoms with Gasteiger partial charge in [0.05, 0.1) is 5.69 Å². The Kier molecular flexibility index (Phi) is 5.05. The van der Waals surface area contributed by atoms with Crippen molar-refractivity contribution in [3.8, 4) is 5.13 Å². The molecule has 0 atom stereocenters. The first-order valence-corrected chi connectivity index (χ1v) is 8.65. The lowest BCUT2D eigenvalue weighted by atomic mass is 10.2. The summed E-state index contributed by atoms with van der Waals surface area (Å²) in [5.41, 5.74) is 1.26. The Morgan fingerprint density at radius 1 is 1.25 bits per heavy atom. The SMILES string of the molecule is CCCc1nc(-n2cccc2)sc1C(=O)NCc1ccccc1F. The fraction of sp³-hybridized carbons (Fsp3) is 0.222. The van der Waals surface area contributed by atoms with Crippen molar-refractivity contribution in [3.05, 3.63) is 70.7 Å². The van der Waals surface area contributed by atoms with E-state index in [4.69, 9.17) is 0 Å². The van der Waals surface area contributed by atoms with E-state index >= 15 is 0 Å². The number of halogens is 1. The third-order valence-electron chi connectivity index (χ3n) is 3.60. The lowest BCUT2D eigenvalue weighted by Crippen LogP contribution is -2.23. The van der Waals surface area contributed by atoms with Crippen LogP contribution in [-0.2, 0) is 13.0 Å². The molecule has 0 bridgehead atoms. The van der Waals surface area contributed by atoms with Crippen LogP contribution in [-0.4, -0.2) is 15.5 Å². The van der Waals surface area contributed by atoms with Gasteiger partial charge in [-0.05, 0) is 24.6 Å². The number of benzene rings is 1. The molecule has 0 aliphatic rings. The van der Waals surface area contributed by atoms with Crippen molar-refractivity contribution in [1.82, 2.24) is 14.9 Å². The van der Waals surface area contributed by atoms with Gasteiger partial charge in [0.15, 0.2) is 5.13 Å². The standard InChI is InChI=1S/C18H18FN3OS/c1-2-7-15-16(24-18(21-15)22-10-5-6-11-22)17(23)20-12-13-8-3-4-9-14(13)19/h3-6,8-11H,2,7,12H2,1H3,(H,20,23). The van der Waals surface area contributed by atoms with Crippen LogP contribution in [0.15, 0.2) is 48.8 Å². The highest BCUT2D eigenvalue weighted by Crippen LogP contribution is 2.23. The smallest absolute Gasteiger partial charge is 0.263 e. The summed E-state index contributed by atoms with van der Waals surface area (Å²) in [6.45, 7) is 2.21. The minimum atomic E-state index is -0.316. The summed E-state index contributed by atoms with van der Waals surface area (Å²) in [7, 11) is 0. The van der Waals surface area contributed by atoms with Crippen LogP contribution in [0.5, 0.6) is 0 Å². The predicted molar refractivity (Wildman–Crippen MR) is 93.0 cm³/mol. The molecule has 2 heterocycles. The van der Waals surface area contributed by atoms with Crippen LogP contribution in [0.1, 0.15) is 34.3 Å². The molecule has 24 heavy (non-hydrogen) atoms. The van der Waals surface area contributed by atoms with Crippen LogP contribution in [0.2, 0.25) is 0 Å². The number of nitrogens with zero attached hydrogens (tertiary/aromatic N) is 2. The average Bonchev–Trinajstić information content (AvgIpc) is 3.23. The Hall–Kier alpha value is -2.47. The van der Waals surface area contributed by atoms with E-state index < -0.39 is 0 Å². The third-order valence-corrected chi connectivity index (χ3v) is 4.71. The lowest BCUT2D eigenvalue weighted by molar-refractivity contribution is 0.0953. The highest BCUT2D eigenvalue weighted by molar-refractivity contribution is 7.16. The molecule has 0 saturated heterocycles. The van der Waals surface area contributed by atoms with Gasteiger partial charge in [0.25, 0.3) is 5.91 Å². The van der Waals surface area contributed by atoms with Crippen molar-refractivity contribution in [2.45, 2.75) is 26.3 Å². The first-order chi connectivity index (χ1) is 11.7. The average molecular weight is 343 g/mol. The van der Waals surface area contributed by atoms with Crippen molar-refractivity contribution < 1.29 is 9.18 Å². The van der Waals surface area contributed by atoms with Gasteiger partial charge in [-0.3, -0.25) is 4.79 Å². The summed E-state index contributed by atoms with van der Waals surface area (Å²) in [4.78, 5) is 17.7. The molecule has 1 aromatic carbocycles. The van der Waals surface area contributed by atoms with Gasteiger partial charge in [0.1, 0.15) is 10.7 Å². The monoisotopic (exact) mass is 343 g/mol. The van der Waals surface area contributed by atoms with E-state index in [9.17, 15) is 9.18 Å². The van der Waals surface area contributed by atoms with Crippen LogP contribution in [0.25, 0.3) is 5.13 Å². The molecular formula is C18H18FN3OS. The highest BCUT2D eigenvalue weighted by Gasteiger charge is 2.18. The molecule has 2 aromatic heterocycles. The molecule has 3 aromatic rings. The Morgan fingerprint density at radius 2 is 2.00 bits per heavy atom. The number of aryl methyl sites for hydroxylation is 1. The lowest BCUT2D eigenvalue weighted by Gasteiger charge is -2.06. The van der Waals surface area contributed by atoms with Gasteiger partial charge in [-0.2, -0.15) is 0 Å². The molecule has 0 spiro atoms. The summed E-state index contributed by atoms with van der Waals surface area (Å²) in [5, 5.41) is 3.56. The number of carbonyl (C=O) groups excluding carboxylic acids is 1. The third kappa shape index (κ3) is 3.54. The molecule has 0 fully saturated rings. The molecule has 0 aliphatic carbocycles. The van der Waals surface area contributed by atoms with Crippen LogP contribution >= 0.6 is 11.3 Å². The molecular weight excluding hydrogens is 325 g/mol. The molecule has 0 radical (unpaired) electrons. The summed E-state index contributed by atoms with van der Waals surface area (Å²) >= 11 is 1.35. The van der Waals surface area contributed by atoms with E-state index in [1.807, 2.05) is 29.1 Å². The zero-order valence-electron chi connectivity index (χ0n) is 13.3. The molecule has 0 aliphatic heterocycles. The Morgan fingerprint density at radius 3 is 2.71 bits per heavy atom. The first kappa shape index (κ1) is 16.4. The molecule has 4 nitrogen and oxygen atoms in total. The number of hydrogen-bond donors (Lipinski definition) is 1. The van der Waals surface area contributed by atoms with Gasteiger partial charge in [-0.25, -0.2) is 9.37 Å². The van der Waals surface area contributed by atoms with E-state index in [1.165, 1.54) is 17.4 Å². The number of rotatable bonds is 6. The zero-order chi connectivity index (χ0) is 16.9. The number of thiazole rings is 1. The summed E-state index contributed by atoms with van der Waals surface area (Å²) in [6, 6.07) is 10.3. The van der Waals surface area contributed by atoms with E-state index in [0.29, 0.717) is 10.4 Å². The van der Waals surface area contributed by atoms with Crippen molar-refractivity contribution in [2.24, 2.45) is 0 Å². The largest absolute Gasteiger partial charge is 0.347 e. The maximum atomic E-state index is 13.7. The van der Waals surface area contributed by atoms with Crippen molar-refractivity contribution >= 4 is 17.2 Å². The second-order valence-electron chi connectivity index (χ2n) is 5.39. The van der Waals surface area contributed by atoms with E-state index in [0.717, 1.165) is 23.7 Å². The predicted octanol–water partition coefficient (Wildman–Crippen LogP) is 3.96. The molecule has 124 valence electrons. The van der Waals surface area contributed by atoms with Crippen LogP contribution < -0.4 is 5.32 Å². The molecule has 0 saturated carbocycles. The Labute approximate surface area is 144 Å². The van der Waals surface area contributed by atoms with Crippen LogP contribution in [0.3, 0.4) is 0 Å². The molecule has 6 heteroatoms. The van der Waals surface area contributed by atoms with E-state index in [2.05, 4.69) is 17.2 Å². The van der Waals surface area contributed by atoms with Crippen molar-refractivity contribution in [3.63, 3.8) is 0 Å². The fourth-order valence-corrected chi connectivity index (χ4v) is 3.39. The van der Waals surface area contributed by atoms with Crippen molar-refractivity contribution in [2.75, 3.05) is 0 Å². The quantitative estimate of drug-likeness (QED) is 0.736. The van der Waals surface area contributed by atoms with Crippen molar-refractivity contribution in [1.29, 1.82) is 0 Å². The minimum Gasteiger partial charge on any atom is -0.347 e. The van der Waals surface area contributed by atoms with E-state index in [-0.39, 0.29) is 18.3 Å². The number of aromatic nitrogens is 2. The maximum Gasteiger partial charge on any atom is 0.263 e. The second-order valence-corrected chi connectivity index (χ2v) is 6.36. The maximum absolute atomic E-state index is 13.7. The molecule has 1 N–H and O–H groups in total. The number of carbonyl (C=O) groups is 1. The summed E-state index contributed by atoms with van der Waals surface area (Å²) in [6.07, 6.45) is 5.44. The normalized spacial score (nSPS) is 10.8. The first-order valence-electron chi connectivity index (χ1n) is 7.83. The highest BCUT2D eigenvalue weighted by atomic mass is 32.1. The summed E-state index contributed by atoms with van der Waals surface area (Å²) < 4.78 is 15.6. The summed E-state index contributed by atoms with van der Waals surface area (Å²) in [5.74, 6) is -0.526. The Bertz CT molecular complexity index is 827.